The first-order valence-electron chi connectivity index (χ1n) is 14.2. The summed E-state index contributed by atoms with van der Waals surface area (Å²) < 4.78 is 16.4. The molecule has 1 aliphatic rings. The van der Waals surface area contributed by atoms with Crippen LogP contribution in [-0.4, -0.2) is 78.5 Å². The molecule has 1 unspecified atom stereocenters. The lowest BCUT2D eigenvalue weighted by Gasteiger charge is -2.37. The number of amides is 1. The zero-order valence-corrected chi connectivity index (χ0v) is 23.8. The van der Waals surface area contributed by atoms with Crippen LogP contribution >= 0.6 is 0 Å². The molecule has 1 fully saturated rings. The van der Waals surface area contributed by atoms with Crippen LogP contribution in [0.4, 0.5) is 0 Å². The summed E-state index contributed by atoms with van der Waals surface area (Å²) in [4.78, 5) is 17.8. The maximum absolute atomic E-state index is 13.7. The van der Waals surface area contributed by atoms with Crippen molar-refractivity contribution in [1.82, 2.24) is 15.0 Å². The molecule has 0 saturated carbocycles. The summed E-state index contributed by atoms with van der Waals surface area (Å²) in [5.74, 6) is 1.07. The maximum Gasteiger partial charge on any atom is 0.234 e. The molecule has 1 N–H and O–H groups in total. The molecule has 0 bridgehead atoms. The van der Waals surface area contributed by atoms with Gasteiger partial charge in [-0.2, -0.15) is 0 Å². The van der Waals surface area contributed by atoms with E-state index in [1.807, 2.05) is 108 Å². The zero-order chi connectivity index (χ0) is 29.1. The van der Waals surface area contributed by atoms with Crippen molar-refractivity contribution >= 4 is 18.1 Å². The first-order chi connectivity index (χ1) is 20.6. The highest BCUT2D eigenvalue weighted by molar-refractivity contribution is 5.87. The quantitative estimate of drug-likeness (QED) is 0.265. The Kier molecular flexibility index (Phi) is 10.2. The van der Waals surface area contributed by atoms with Crippen LogP contribution in [0.5, 0.6) is 5.75 Å². The van der Waals surface area contributed by atoms with Gasteiger partial charge in [0.2, 0.25) is 5.91 Å². The highest BCUT2D eigenvalue weighted by atomic mass is 16.5. The maximum atomic E-state index is 13.7. The third-order valence-electron chi connectivity index (χ3n) is 7.31. The lowest BCUT2D eigenvalue weighted by molar-refractivity contribution is -0.133. The molecular formula is C34H37N3O5. The van der Waals surface area contributed by atoms with Crippen LogP contribution in [0.3, 0.4) is 0 Å². The van der Waals surface area contributed by atoms with Gasteiger partial charge in [-0.15, -0.1) is 0 Å². The summed E-state index contributed by atoms with van der Waals surface area (Å²) in [5, 5.41) is 14.7. The molecule has 1 aliphatic heterocycles. The molecule has 218 valence electrons. The number of hydrogen-bond donors (Lipinski definition) is 1. The average molecular weight is 568 g/mol. The molecule has 4 aromatic rings. The minimum atomic E-state index is -0.670. The van der Waals surface area contributed by atoms with Crippen LogP contribution in [0.1, 0.15) is 34.1 Å². The number of β-amino-alcohol motifs (C(OH)–C–C–N with tert-alkyl or cyclic N) is 1. The van der Waals surface area contributed by atoms with E-state index in [0.29, 0.717) is 50.8 Å². The van der Waals surface area contributed by atoms with Gasteiger partial charge in [0.25, 0.3) is 0 Å². The van der Waals surface area contributed by atoms with Crippen LogP contribution in [0.15, 0.2) is 95.5 Å². The lowest BCUT2D eigenvalue weighted by atomic mass is 9.90. The Labute approximate surface area is 246 Å². The molecule has 1 amide bonds. The fourth-order valence-corrected chi connectivity index (χ4v) is 5.18. The zero-order valence-electron chi connectivity index (χ0n) is 23.8. The van der Waals surface area contributed by atoms with Crippen LogP contribution in [0.25, 0.3) is 12.2 Å². The summed E-state index contributed by atoms with van der Waals surface area (Å²) in [6, 6.07) is 29.4. The topological polar surface area (TPSA) is 88.3 Å². The van der Waals surface area contributed by atoms with Crippen molar-refractivity contribution in [1.29, 1.82) is 0 Å². The van der Waals surface area contributed by atoms with Crippen LogP contribution in [0.2, 0.25) is 0 Å². The Morgan fingerprint density at radius 2 is 1.57 bits per heavy atom. The predicted molar refractivity (Wildman–Crippen MR) is 162 cm³/mol. The van der Waals surface area contributed by atoms with Gasteiger partial charge in [0.1, 0.15) is 24.2 Å². The molecule has 8 heteroatoms. The van der Waals surface area contributed by atoms with Gasteiger partial charge in [-0.3, -0.25) is 9.69 Å². The fraction of sp³-hybridized carbons (Fsp3) is 0.294. The van der Waals surface area contributed by atoms with Gasteiger partial charge in [0, 0.05) is 51.5 Å². The number of aliphatic hydroxyl groups is 1. The normalized spacial score (nSPS) is 14.9. The summed E-state index contributed by atoms with van der Waals surface area (Å²) in [6.45, 7) is 3.65. The molecule has 8 nitrogen and oxygen atoms in total. The standard InChI is InChI=1S/C34H37N3O5/c1-40-24-29-22-31(42-35-29)17-16-26-10-8-9-15-32(26)41-25-30(38)23-36-18-20-37(21-19-36)34(39)33(27-11-4-2-5-12-27)28-13-6-3-7-14-28/h2-17,22,30,33,38H,18-21,23-25H2,1H3/b17-16+. The van der Waals surface area contributed by atoms with Gasteiger partial charge in [-0.1, -0.05) is 84.0 Å². The van der Waals surface area contributed by atoms with Crippen molar-refractivity contribution in [3.05, 3.63) is 119 Å². The van der Waals surface area contributed by atoms with E-state index in [9.17, 15) is 9.90 Å². The molecule has 3 aromatic carbocycles. The average Bonchev–Trinajstić information content (AvgIpc) is 3.48. The van der Waals surface area contributed by atoms with E-state index in [-0.39, 0.29) is 18.4 Å². The summed E-state index contributed by atoms with van der Waals surface area (Å²) in [5.41, 5.74) is 3.58. The number of carbonyl (C=O) groups is 1. The van der Waals surface area contributed by atoms with E-state index >= 15 is 0 Å². The lowest BCUT2D eigenvalue weighted by Crippen LogP contribution is -2.52. The van der Waals surface area contributed by atoms with E-state index in [4.69, 9.17) is 14.0 Å². The monoisotopic (exact) mass is 567 g/mol. The van der Waals surface area contributed by atoms with Gasteiger partial charge >= 0.3 is 0 Å². The SMILES string of the molecule is COCc1cc(/C=C/c2ccccc2OCC(O)CN2CCN(C(=O)C(c3ccccc3)c3ccccc3)CC2)on1. The van der Waals surface area contributed by atoms with Crippen molar-refractivity contribution in [2.45, 2.75) is 18.6 Å². The number of piperazine rings is 1. The molecule has 0 aliphatic carbocycles. The third-order valence-corrected chi connectivity index (χ3v) is 7.31. The van der Waals surface area contributed by atoms with Crippen molar-refractivity contribution in [3.8, 4) is 5.75 Å². The van der Waals surface area contributed by atoms with Crippen LogP contribution < -0.4 is 4.74 Å². The first kappa shape index (κ1) is 29.3. The Hall–Kier alpha value is -4.24. The summed E-state index contributed by atoms with van der Waals surface area (Å²) in [7, 11) is 1.61. The van der Waals surface area contributed by atoms with E-state index < -0.39 is 6.10 Å². The molecular weight excluding hydrogens is 530 g/mol. The second-order valence-corrected chi connectivity index (χ2v) is 10.4. The highest BCUT2D eigenvalue weighted by Crippen LogP contribution is 2.27. The fourth-order valence-electron chi connectivity index (χ4n) is 5.18. The predicted octanol–water partition coefficient (Wildman–Crippen LogP) is 4.71. The van der Waals surface area contributed by atoms with E-state index in [1.165, 1.54) is 0 Å². The van der Waals surface area contributed by atoms with Crippen molar-refractivity contribution < 1.29 is 23.9 Å². The smallest absolute Gasteiger partial charge is 0.234 e. The molecule has 0 spiro atoms. The number of benzene rings is 3. The minimum Gasteiger partial charge on any atom is -0.490 e. The van der Waals surface area contributed by atoms with Crippen molar-refractivity contribution in [2.24, 2.45) is 0 Å². The first-order valence-corrected chi connectivity index (χ1v) is 14.2. The number of hydrogen-bond acceptors (Lipinski definition) is 7. The van der Waals surface area contributed by atoms with E-state index in [1.54, 1.807) is 7.11 Å². The summed E-state index contributed by atoms with van der Waals surface area (Å²) in [6.07, 6.45) is 3.05. The number of carbonyl (C=O) groups excluding carboxylic acids is 1. The number of aliphatic hydroxyl groups excluding tert-OH is 1. The number of methoxy groups -OCH3 is 1. The van der Waals surface area contributed by atoms with Gasteiger partial charge in [-0.25, -0.2) is 0 Å². The Balaban J connectivity index is 1.12. The van der Waals surface area contributed by atoms with Gasteiger partial charge < -0.3 is 24.0 Å². The van der Waals surface area contributed by atoms with Gasteiger partial charge in [-0.05, 0) is 29.3 Å². The Morgan fingerprint density at radius 1 is 0.929 bits per heavy atom. The van der Waals surface area contributed by atoms with Gasteiger partial charge in [0.05, 0.1) is 12.5 Å². The number of aromatic nitrogens is 1. The second kappa shape index (κ2) is 14.6. The van der Waals surface area contributed by atoms with Crippen LogP contribution in [0, 0.1) is 0 Å². The van der Waals surface area contributed by atoms with E-state index in [2.05, 4.69) is 10.1 Å². The number of ether oxygens (including phenoxy) is 2. The largest absolute Gasteiger partial charge is 0.490 e. The molecule has 1 saturated heterocycles. The van der Waals surface area contributed by atoms with Crippen molar-refractivity contribution in [2.75, 3.05) is 46.4 Å². The second-order valence-electron chi connectivity index (χ2n) is 10.4. The van der Waals surface area contributed by atoms with Crippen LogP contribution in [-0.2, 0) is 16.1 Å². The molecule has 0 radical (unpaired) electrons. The molecule has 5 rings (SSSR count). The Bertz CT molecular complexity index is 1390. The van der Waals surface area contributed by atoms with Gasteiger partial charge in [0.15, 0.2) is 5.76 Å². The van der Waals surface area contributed by atoms with E-state index in [0.717, 1.165) is 22.4 Å². The number of nitrogens with zero attached hydrogens (tertiary/aromatic N) is 3. The molecule has 1 aromatic heterocycles. The molecule has 42 heavy (non-hydrogen) atoms. The number of para-hydroxylation sites is 1. The highest BCUT2D eigenvalue weighted by Gasteiger charge is 2.30. The Morgan fingerprint density at radius 3 is 2.24 bits per heavy atom. The molecule has 1 atom stereocenters. The minimum absolute atomic E-state index is 0.112. The summed E-state index contributed by atoms with van der Waals surface area (Å²) >= 11 is 0. The third kappa shape index (κ3) is 7.73. The number of rotatable bonds is 12. The van der Waals surface area contributed by atoms with Crippen molar-refractivity contribution in [3.63, 3.8) is 0 Å². The molecule has 2 heterocycles.